The first-order valence-corrected chi connectivity index (χ1v) is 5.34. The summed E-state index contributed by atoms with van der Waals surface area (Å²) in [6, 6.07) is 4.79. The van der Waals surface area contributed by atoms with E-state index in [1.165, 1.54) is 6.07 Å². The molecule has 0 radical (unpaired) electrons. The van der Waals surface area contributed by atoms with Gasteiger partial charge in [0.1, 0.15) is 0 Å². The number of carbonyl (C=O) groups excluding carboxylic acids is 1. The molecule has 0 saturated heterocycles. The number of halogens is 4. The lowest BCUT2D eigenvalue weighted by molar-refractivity contribution is -0.184. The van der Waals surface area contributed by atoms with E-state index < -0.39 is 18.7 Å². The van der Waals surface area contributed by atoms with Crippen molar-refractivity contribution in [2.24, 2.45) is 0 Å². The average molecular weight is 312 g/mol. The van der Waals surface area contributed by atoms with E-state index in [4.69, 9.17) is 0 Å². The van der Waals surface area contributed by atoms with Crippen LogP contribution in [0.3, 0.4) is 0 Å². The Morgan fingerprint density at radius 1 is 1.47 bits per heavy atom. The predicted octanol–water partition coefficient (Wildman–Crippen LogP) is 2.98. The van der Waals surface area contributed by atoms with E-state index in [0.717, 1.165) is 4.47 Å². The number of hydrogen-bond donors (Lipinski definition) is 1. The van der Waals surface area contributed by atoms with Gasteiger partial charge in [0.25, 0.3) is 5.91 Å². The second kappa shape index (κ2) is 5.50. The summed E-state index contributed by atoms with van der Waals surface area (Å²) in [6.45, 7) is 0.151. The van der Waals surface area contributed by atoms with E-state index in [-0.39, 0.29) is 5.56 Å². The summed E-state index contributed by atoms with van der Waals surface area (Å²) in [5.74, 6) is -0.709. The zero-order chi connectivity index (χ0) is 13.1. The van der Waals surface area contributed by atoms with Gasteiger partial charge in [0.2, 0.25) is 0 Å². The van der Waals surface area contributed by atoms with Crippen molar-refractivity contribution in [1.82, 2.24) is 5.48 Å². The second-order valence-corrected chi connectivity index (χ2v) is 4.21. The summed E-state index contributed by atoms with van der Waals surface area (Å²) in [6.07, 6.45) is -4.47. The van der Waals surface area contributed by atoms with Crippen molar-refractivity contribution in [2.45, 2.75) is 13.1 Å². The minimum atomic E-state index is -4.47. The fraction of sp³-hybridized carbons (Fsp3) is 0.300. The molecule has 0 atom stereocenters. The topological polar surface area (TPSA) is 38.3 Å². The molecular weight excluding hydrogens is 303 g/mol. The van der Waals surface area contributed by atoms with E-state index in [2.05, 4.69) is 20.8 Å². The fourth-order valence-electron chi connectivity index (χ4n) is 1.12. The number of benzene rings is 1. The van der Waals surface area contributed by atoms with Crippen LogP contribution in [0.1, 0.15) is 15.9 Å². The van der Waals surface area contributed by atoms with Gasteiger partial charge in [0, 0.05) is 10.0 Å². The van der Waals surface area contributed by atoms with Crippen LogP contribution in [0.15, 0.2) is 22.7 Å². The van der Waals surface area contributed by atoms with Gasteiger partial charge < -0.3 is 0 Å². The lowest BCUT2D eigenvalue weighted by atomic mass is 10.1. The molecule has 0 spiro atoms. The molecule has 7 heteroatoms. The van der Waals surface area contributed by atoms with E-state index in [1.807, 2.05) is 0 Å². The first-order valence-electron chi connectivity index (χ1n) is 4.54. The molecule has 1 N–H and O–H groups in total. The van der Waals surface area contributed by atoms with Crippen LogP contribution in [-0.4, -0.2) is 18.7 Å². The Labute approximate surface area is 104 Å². The first kappa shape index (κ1) is 14.0. The lowest BCUT2D eigenvalue weighted by Crippen LogP contribution is -2.29. The third kappa shape index (κ3) is 4.74. The number of rotatable bonds is 3. The Morgan fingerprint density at radius 3 is 2.65 bits per heavy atom. The summed E-state index contributed by atoms with van der Waals surface area (Å²) in [7, 11) is 0. The highest BCUT2D eigenvalue weighted by molar-refractivity contribution is 9.10. The van der Waals surface area contributed by atoms with Crippen LogP contribution in [-0.2, 0) is 4.84 Å². The molecule has 0 heterocycles. The SMILES string of the molecule is Cc1cc(Br)ccc1C(=O)NOCC(F)(F)F. The van der Waals surface area contributed by atoms with Gasteiger partial charge in [-0.15, -0.1) is 0 Å². The van der Waals surface area contributed by atoms with E-state index in [1.54, 1.807) is 24.5 Å². The van der Waals surface area contributed by atoms with Crippen molar-refractivity contribution in [2.75, 3.05) is 6.61 Å². The molecule has 3 nitrogen and oxygen atoms in total. The Bertz CT molecular complexity index is 421. The number of amides is 1. The van der Waals surface area contributed by atoms with Crippen molar-refractivity contribution >= 4 is 21.8 Å². The van der Waals surface area contributed by atoms with E-state index in [9.17, 15) is 18.0 Å². The Morgan fingerprint density at radius 2 is 2.12 bits per heavy atom. The van der Waals surface area contributed by atoms with Crippen LogP contribution in [0.5, 0.6) is 0 Å². The number of hydroxylamine groups is 1. The zero-order valence-corrected chi connectivity index (χ0v) is 10.4. The highest BCUT2D eigenvalue weighted by atomic mass is 79.9. The number of aryl methyl sites for hydroxylation is 1. The van der Waals surface area contributed by atoms with Gasteiger partial charge in [0.05, 0.1) is 0 Å². The van der Waals surface area contributed by atoms with Crippen molar-refractivity contribution < 1.29 is 22.8 Å². The van der Waals surface area contributed by atoms with Gasteiger partial charge in [-0.2, -0.15) is 13.2 Å². The molecule has 0 aromatic heterocycles. The number of nitrogens with one attached hydrogen (secondary N) is 1. The number of carbonyl (C=O) groups is 1. The minimum Gasteiger partial charge on any atom is -0.267 e. The molecule has 1 rings (SSSR count). The third-order valence-electron chi connectivity index (χ3n) is 1.83. The average Bonchev–Trinajstić information content (AvgIpc) is 2.15. The van der Waals surface area contributed by atoms with Crippen LogP contribution in [0, 0.1) is 6.92 Å². The maximum Gasteiger partial charge on any atom is 0.414 e. The van der Waals surface area contributed by atoms with Gasteiger partial charge in [-0.3, -0.25) is 9.63 Å². The maximum absolute atomic E-state index is 11.8. The molecular formula is C10H9BrF3NO2. The predicted molar refractivity (Wildman–Crippen MR) is 58.4 cm³/mol. The monoisotopic (exact) mass is 311 g/mol. The Kier molecular flexibility index (Phi) is 4.53. The summed E-state index contributed by atoms with van der Waals surface area (Å²) in [4.78, 5) is 15.5. The van der Waals surface area contributed by atoms with Crippen LogP contribution >= 0.6 is 15.9 Å². The highest BCUT2D eigenvalue weighted by Crippen LogP contribution is 2.16. The summed E-state index contributed by atoms with van der Waals surface area (Å²) in [5.41, 5.74) is 2.63. The fourth-order valence-corrected chi connectivity index (χ4v) is 1.60. The van der Waals surface area contributed by atoms with Crippen molar-refractivity contribution in [1.29, 1.82) is 0 Å². The molecule has 0 bridgehead atoms. The van der Waals surface area contributed by atoms with Gasteiger partial charge in [-0.05, 0) is 30.7 Å². The molecule has 0 fully saturated rings. The van der Waals surface area contributed by atoms with E-state index in [0.29, 0.717) is 5.56 Å². The Balaban J connectivity index is 2.59. The van der Waals surface area contributed by atoms with Gasteiger partial charge in [-0.1, -0.05) is 15.9 Å². The Hall–Kier alpha value is -1.08. The minimum absolute atomic E-state index is 0.260. The second-order valence-electron chi connectivity index (χ2n) is 3.29. The van der Waals surface area contributed by atoms with Crippen LogP contribution in [0.2, 0.25) is 0 Å². The van der Waals surface area contributed by atoms with Crippen molar-refractivity contribution in [3.05, 3.63) is 33.8 Å². The molecule has 0 aliphatic heterocycles. The lowest BCUT2D eigenvalue weighted by Gasteiger charge is -2.09. The van der Waals surface area contributed by atoms with Crippen LogP contribution in [0.25, 0.3) is 0 Å². The molecule has 0 saturated carbocycles. The standard InChI is InChI=1S/C10H9BrF3NO2/c1-6-4-7(11)2-3-8(6)9(16)15-17-5-10(12,13)14/h2-4H,5H2,1H3,(H,15,16). The largest absolute Gasteiger partial charge is 0.414 e. The maximum atomic E-state index is 11.8. The molecule has 0 unspecified atom stereocenters. The van der Waals surface area contributed by atoms with Gasteiger partial charge in [0.15, 0.2) is 6.61 Å². The molecule has 0 aliphatic carbocycles. The molecule has 94 valence electrons. The molecule has 17 heavy (non-hydrogen) atoms. The van der Waals surface area contributed by atoms with Crippen LogP contribution < -0.4 is 5.48 Å². The molecule has 1 aromatic carbocycles. The van der Waals surface area contributed by atoms with Crippen molar-refractivity contribution in [3.8, 4) is 0 Å². The van der Waals surface area contributed by atoms with Gasteiger partial charge in [-0.25, -0.2) is 5.48 Å². The summed E-state index contributed by atoms with van der Waals surface area (Å²) < 4.78 is 36.1. The molecule has 1 amide bonds. The summed E-state index contributed by atoms with van der Waals surface area (Å²) in [5, 5.41) is 0. The zero-order valence-electron chi connectivity index (χ0n) is 8.77. The summed E-state index contributed by atoms with van der Waals surface area (Å²) >= 11 is 3.21. The number of alkyl halides is 3. The van der Waals surface area contributed by atoms with Gasteiger partial charge >= 0.3 is 6.18 Å². The third-order valence-corrected chi connectivity index (χ3v) is 2.33. The molecule has 1 aromatic rings. The quantitative estimate of drug-likeness (QED) is 0.872. The van der Waals surface area contributed by atoms with Crippen LogP contribution in [0.4, 0.5) is 13.2 Å². The van der Waals surface area contributed by atoms with E-state index >= 15 is 0 Å². The smallest absolute Gasteiger partial charge is 0.267 e. The van der Waals surface area contributed by atoms with Crippen molar-refractivity contribution in [3.63, 3.8) is 0 Å². The number of hydrogen-bond acceptors (Lipinski definition) is 2. The normalized spacial score (nSPS) is 11.4. The first-order chi connectivity index (χ1) is 7.79. The highest BCUT2D eigenvalue weighted by Gasteiger charge is 2.28. The molecule has 0 aliphatic rings.